The third-order valence-corrected chi connectivity index (χ3v) is 12.5. The van der Waals surface area contributed by atoms with Gasteiger partial charge in [-0.05, 0) is 98.7 Å². The van der Waals surface area contributed by atoms with Gasteiger partial charge in [0.1, 0.15) is 0 Å². The predicted octanol–water partition coefficient (Wildman–Crippen LogP) is 5.92. The number of hydrogen-bond acceptors (Lipinski definition) is 4. The van der Waals surface area contributed by atoms with Crippen LogP contribution in [0.15, 0.2) is 0 Å². The van der Waals surface area contributed by atoms with Gasteiger partial charge in [-0.25, -0.2) is 0 Å². The van der Waals surface area contributed by atoms with E-state index >= 15 is 0 Å². The molecule has 8 unspecified atom stereocenters. The number of esters is 1. The van der Waals surface area contributed by atoms with Gasteiger partial charge in [0.05, 0.1) is 43.4 Å². The summed E-state index contributed by atoms with van der Waals surface area (Å²) in [7, 11) is 19.1. The lowest BCUT2D eigenvalue weighted by Gasteiger charge is -2.62. The van der Waals surface area contributed by atoms with Crippen LogP contribution in [0.25, 0.3) is 0 Å². The number of fused-ring (bicyclic) bond motifs is 5. The van der Waals surface area contributed by atoms with Crippen molar-refractivity contribution < 1.29 is 19.0 Å². The topological polar surface area (TPSA) is 44.8 Å². The maximum Gasteiger partial charge on any atom is 0.301 e. The van der Waals surface area contributed by atoms with Crippen molar-refractivity contribution in [1.82, 2.24) is 0 Å². The monoisotopic (exact) mass is 504 g/mol. The van der Waals surface area contributed by atoms with Crippen molar-refractivity contribution in [3.05, 3.63) is 0 Å². The van der Waals surface area contributed by atoms with Gasteiger partial charge in [0.2, 0.25) is 0 Å². The van der Waals surface area contributed by atoms with Crippen molar-refractivity contribution in [2.45, 2.75) is 121 Å². The second kappa shape index (κ2) is 9.90. The molecule has 8 atom stereocenters. The lowest BCUT2D eigenvalue weighted by molar-refractivity contribution is -0.229. The summed E-state index contributed by atoms with van der Waals surface area (Å²) in [4.78, 5) is 12.4. The molecule has 5 aliphatic rings. The summed E-state index contributed by atoms with van der Waals surface area (Å²) in [5.74, 6) is 3.15. The molecule has 5 rings (SSSR count). The van der Waals surface area contributed by atoms with E-state index in [-0.39, 0.29) is 12.4 Å². The second-order valence-electron chi connectivity index (χ2n) is 14.1. The highest BCUT2D eigenvalue weighted by Gasteiger charge is 2.62. The summed E-state index contributed by atoms with van der Waals surface area (Å²) in [6, 6.07) is 0. The SMILES string of the molecule is [B]C([B])(CCCC1CCC2C3CCC4CC5(CCC4(C)C3CCC12C)OCCO5)C([B])(C)C(=O)OCC. The molecule has 0 bridgehead atoms. The van der Waals surface area contributed by atoms with Crippen LogP contribution in [0, 0.1) is 40.4 Å². The molecule has 37 heavy (non-hydrogen) atoms. The van der Waals surface area contributed by atoms with Crippen molar-refractivity contribution in [1.29, 1.82) is 0 Å². The fourth-order valence-electron chi connectivity index (χ4n) is 9.91. The molecule has 0 N–H and O–H groups in total. The smallest absolute Gasteiger partial charge is 0.301 e. The lowest BCUT2D eigenvalue weighted by atomic mass is 9.35. The number of rotatable bonds is 7. The molecule has 1 spiro atoms. The van der Waals surface area contributed by atoms with E-state index in [0.717, 1.165) is 62.6 Å². The standard InChI is InChI=1S/C30H47B3O4/c1-5-35-25(34)28(4,31)30(32,33)13-6-7-20-9-11-23-22-10-8-21-19-29(36-17-18-37-29)16-15-27(21,3)24(22)12-14-26(20,23)2/h20-24H,5-19H2,1-4H3. The summed E-state index contributed by atoms with van der Waals surface area (Å²) < 4.78 is 17.4. The summed E-state index contributed by atoms with van der Waals surface area (Å²) in [5, 5.41) is -2.68. The van der Waals surface area contributed by atoms with E-state index < -0.39 is 16.5 Å². The highest BCUT2D eigenvalue weighted by atomic mass is 16.7. The van der Waals surface area contributed by atoms with Gasteiger partial charge in [0.15, 0.2) is 5.79 Å². The number of hydrogen-bond donors (Lipinski definition) is 0. The van der Waals surface area contributed by atoms with Gasteiger partial charge in [-0.1, -0.05) is 38.8 Å². The van der Waals surface area contributed by atoms with E-state index in [2.05, 4.69) is 13.8 Å². The molecule has 1 aliphatic heterocycles. The zero-order valence-corrected chi connectivity index (χ0v) is 23.9. The Bertz CT molecular complexity index is 856. The summed E-state index contributed by atoms with van der Waals surface area (Å²) in [5.41, 5.74) is 0.831. The highest BCUT2D eigenvalue weighted by Crippen LogP contribution is 2.69. The number of ether oxygens (including phenoxy) is 3. The van der Waals surface area contributed by atoms with E-state index in [9.17, 15) is 4.79 Å². The van der Waals surface area contributed by atoms with E-state index in [1.807, 2.05) is 0 Å². The fraction of sp³-hybridized carbons (Fsp3) is 0.967. The zero-order valence-electron chi connectivity index (χ0n) is 23.9. The summed E-state index contributed by atoms with van der Waals surface area (Å²) >= 11 is 0. The van der Waals surface area contributed by atoms with Gasteiger partial charge < -0.3 is 14.2 Å². The Morgan fingerprint density at radius 3 is 2.35 bits per heavy atom. The third-order valence-electron chi connectivity index (χ3n) is 12.5. The quantitative estimate of drug-likeness (QED) is 0.319. The van der Waals surface area contributed by atoms with Gasteiger partial charge in [-0.15, -0.1) is 0 Å². The average Bonchev–Trinajstić information content (AvgIpc) is 3.44. The third kappa shape index (κ3) is 4.58. The van der Waals surface area contributed by atoms with Crippen LogP contribution >= 0.6 is 0 Å². The van der Waals surface area contributed by atoms with Crippen molar-refractivity contribution in [2.24, 2.45) is 40.4 Å². The molecule has 1 heterocycles. The zero-order chi connectivity index (χ0) is 26.7. The molecule has 5 fully saturated rings. The van der Waals surface area contributed by atoms with Crippen LogP contribution in [0.2, 0.25) is 10.5 Å². The fourth-order valence-corrected chi connectivity index (χ4v) is 9.91. The van der Waals surface area contributed by atoms with Crippen LogP contribution in [-0.4, -0.2) is 55.1 Å². The Hall–Kier alpha value is -0.415. The van der Waals surface area contributed by atoms with Crippen LogP contribution in [0.5, 0.6) is 0 Å². The maximum absolute atomic E-state index is 12.4. The lowest BCUT2D eigenvalue weighted by Crippen LogP contribution is -2.56. The first-order valence-electron chi connectivity index (χ1n) is 15.2. The molecule has 0 aromatic carbocycles. The van der Waals surface area contributed by atoms with Crippen LogP contribution in [0.3, 0.4) is 0 Å². The van der Waals surface area contributed by atoms with E-state index in [1.54, 1.807) is 13.8 Å². The Morgan fingerprint density at radius 1 is 0.946 bits per heavy atom. The summed E-state index contributed by atoms with van der Waals surface area (Å²) in [6.07, 6.45) is 14.0. The first kappa shape index (κ1) is 28.1. The normalized spacial score (nSPS) is 42.4. The largest absolute Gasteiger partial charge is 0.466 e. The maximum atomic E-state index is 12.4. The molecule has 0 amide bonds. The molecular weight excluding hydrogens is 457 g/mol. The minimum atomic E-state index is -1.40. The van der Waals surface area contributed by atoms with Crippen molar-refractivity contribution in [3.63, 3.8) is 0 Å². The van der Waals surface area contributed by atoms with Crippen molar-refractivity contribution in [3.8, 4) is 0 Å². The molecule has 6 radical (unpaired) electrons. The average molecular weight is 504 g/mol. The van der Waals surface area contributed by atoms with Crippen molar-refractivity contribution >= 4 is 29.5 Å². The Kier molecular flexibility index (Phi) is 7.52. The van der Waals surface area contributed by atoms with Crippen LogP contribution in [-0.2, 0) is 19.0 Å². The van der Waals surface area contributed by atoms with Gasteiger partial charge >= 0.3 is 5.97 Å². The molecule has 7 heteroatoms. The first-order chi connectivity index (χ1) is 17.4. The van der Waals surface area contributed by atoms with Gasteiger partial charge in [-0.2, -0.15) is 0 Å². The van der Waals surface area contributed by atoms with E-state index in [4.69, 9.17) is 37.7 Å². The van der Waals surface area contributed by atoms with Crippen LogP contribution in [0.4, 0.5) is 0 Å². The predicted molar refractivity (Wildman–Crippen MR) is 149 cm³/mol. The Balaban J connectivity index is 1.21. The summed E-state index contributed by atoms with van der Waals surface area (Å²) in [6.45, 7) is 10.4. The van der Waals surface area contributed by atoms with Crippen LogP contribution in [0.1, 0.15) is 105 Å². The molecule has 200 valence electrons. The van der Waals surface area contributed by atoms with Gasteiger partial charge in [0, 0.05) is 18.2 Å². The molecule has 1 saturated heterocycles. The first-order valence-corrected chi connectivity index (χ1v) is 15.2. The Morgan fingerprint density at radius 2 is 1.65 bits per heavy atom. The molecule has 4 saturated carbocycles. The minimum absolute atomic E-state index is 0.271. The number of carbonyl (C=O) groups is 1. The van der Waals surface area contributed by atoms with E-state index in [0.29, 0.717) is 23.2 Å². The molecular formula is C30H47B3O4. The molecule has 4 aliphatic carbocycles. The number of carbonyl (C=O) groups excluding carboxylic acids is 1. The van der Waals surface area contributed by atoms with Crippen molar-refractivity contribution in [2.75, 3.05) is 19.8 Å². The van der Waals surface area contributed by atoms with Crippen LogP contribution < -0.4 is 0 Å². The van der Waals surface area contributed by atoms with E-state index in [1.165, 1.54) is 44.9 Å². The van der Waals surface area contributed by atoms with Gasteiger partial charge in [-0.3, -0.25) is 4.79 Å². The Labute approximate surface area is 229 Å². The highest BCUT2D eigenvalue weighted by molar-refractivity contribution is 6.48. The molecule has 0 aromatic heterocycles. The molecule has 0 aromatic rings. The van der Waals surface area contributed by atoms with Gasteiger partial charge in [0.25, 0.3) is 0 Å². The second-order valence-corrected chi connectivity index (χ2v) is 14.1. The minimum Gasteiger partial charge on any atom is -0.466 e. The molecule has 4 nitrogen and oxygen atoms in total.